The standard InChI is InChI=1S/C35H35Cl4N3O4S/c1-23-13-17-27(18-14-23)47(45,46)42(30-12-8-11-28(37)33(30)39)22-32(43)41(21-25-15-16-26(36)20-29(25)38)31(34(44)40-35(2,3)4)19-24-9-6-5-7-10-24/h5-18,20,31H,19,21-22H2,1-4H3,(H,40,44)/t31-/m1/s1. The number of halogens is 4. The van der Waals surface area contributed by atoms with Gasteiger partial charge in [-0.25, -0.2) is 8.42 Å². The van der Waals surface area contributed by atoms with Gasteiger partial charge in [0.05, 0.1) is 20.6 Å². The molecule has 0 spiro atoms. The summed E-state index contributed by atoms with van der Waals surface area (Å²) in [4.78, 5) is 29.9. The molecule has 1 atom stereocenters. The molecule has 4 rings (SSSR count). The number of nitrogens with zero attached hydrogens (tertiary/aromatic N) is 2. The monoisotopic (exact) mass is 733 g/mol. The second-order valence-corrected chi connectivity index (χ2v) is 15.6. The Morgan fingerprint density at radius 2 is 1.49 bits per heavy atom. The quantitative estimate of drug-likeness (QED) is 0.168. The average Bonchev–Trinajstić information content (AvgIpc) is 3.00. The number of nitrogens with one attached hydrogen (secondary N) is 1. The molecule has 0 saturated carbocycles. The second-order valence-electron chi connectivity index (χ2n) is 12.1. The first-order chi connectivity index (χ1) is 22.1. The number of hydrogen-bond donors (Lipinski definition) is 1. The number of amides is 2. The third-order valence-electron chi connectivity index (χ3n) is 7.21. The van der Waals surface area contributed by atoms with E-state index >= 15 is 0 Å². The van der Waals surface area contributed by atoms with Gasteiger partial charge in [-0.1, -0.05) is 107 Å². The van der Waals surface area contributed by atoms with Crippen molar-refractivity contribution in [2.45, 2.75) is 57.1 Å². The van der Waals surface area contributed by atoms with E-state index in [2.05, 4.69) is 5.32 Å². The summed E-state index contributed by atoms with van der Waals surface area (Å²) < 4.78 is 29.4. The van der Waals surface area contributed by atoms with Crippen LogP contribution in [0.4, 0.5) is 5.69 Å². The van der Waals surface area contributed by atoms with Gasteiger partial charge >= 0.3 is 0 Å². The number of hydrogen-bond acceptors (Lipinski definition) is 4. The van der Waals surface area contributed by atoms with Crippen LogP contribution >= 0.6 is 46.4 Å². The minimum atomic E-state index is -4.36. The van der Waals surface area contributed by atoms with E-state index in [4.69, 9.17) is 46.4 Å². The number of aryl methyl sites for hydroxylation is 1. The maximum atomic E-state index is 14.6. The van der Waals surface area contributed by atoms with Crippen molar-refractivity contribution >= 4 is 73.9 Å². The van der Waals surface area contributed by atoms with Crippen molar-refractivity contribution in [3.8, 4) is 0 Å². The second kappa shape index (κ2) is 15.3. The van der Waals surface area contributed by atoms with Gasteiger partial charge in [0.1, 0.15) is 12.6 Å². The summed E-state index contributed by atoms with van der Waals surface area (Å²) >= 11 is 25.6. The minimum absolute atomic E-state index is 0.0105. The highest BCUT2D eigenvalue weighted by Gasteiger charge is 2.36. The molecule has 0 aliphatic rings. The molecule has 0 aliphatic carbocycles. The number of rotatable bonds is 11. The summed E-state index contributed by atoms with van der Waals surface area (Å²) in [6.07, 6.45) is 0.141. The van der Waals surface area contributed by atoms with Crippen LogP contribution < -0.4 is 9.62 Å². The van der Waals surface area contributed by atoms with Gasteiger partial charge in [-0.2, -0.15) is 0 Å². The largest absolute Gasteiger partial charge is 0.350 e. The van der Waals surface area contributed by atoms with Crippen LogP contribution in [0.25, 0.3) is 0 Å². The summed E-state index contributed by atoms with van der Waals surface area (Å²) in [5.74, 6) is -1.10. The van der Waals surface area contributed by atoms with Crippen LogP contribution in [0.2, 0.25) is 20.1 Å². The lowest BCUT2D eigenvalue weighted by Gasteiger charge is -2.35. The molecule has 0 aliphatic heterocycles. The van der Waals surface area contributed by atoms with E-state index < -0.39 is 40.0 Å². The molecule has 0 fully saturated rings. The summed E-state index contributed by atoms with van der Waals surface area (Å²) in [5.41, 5.74) is 1.54. The Hall–Kier alpha value is -3.27. The average molecular weight is 736 g/mol. The molecular weight excluding hydrogens is 700 g/mol. The lowest BCUT2D eigenvalue weighted by atomic mass is 10.0. The Balaban J connectivity index is 1.87. The lowest BCUT2D eigenvalue weighted by molar-refractivity contribution is -0.140. The molecule has 4 aromatic carbocycles. The van der Waals surface area contributed by atoms with E-state index in [1.165, 1.54) is 29.2 Å². The van der Waals surface area contributed by atoms with E-state index in [0.717, 1.165) is 15.4 Å². The number of carbonyl (C=O) groups excluding carboxylic acids is 2. The molecule has 0 bridgehead atoms. The highest BCUT2D eigenvalue weighted by molar-refractivity contribution is 7.92. The Labute approximate surface area is 296 Å². The number of anilines is 1. The molecular formula is C35H35Cl4N3O4S. The maximum Gasteiger partial charge on any atom is 0.264 e. The summed E-state index contributed by atoms with van der Waals surface area (Å²) in [6, 6.07) is 23.8. The zero-order valence-corrected chi connectivity index (χ0v) is 30.1. The van der Waals surface area contributed by atoms with Gasteiger partial charge in [-0.05, 0) is 75.2 Å². The fourth-order valence-corrected chi connectivity index (χ4v) is 7.22. The first-order valence-electron chi connectivity index (χ1n) is 14.7. The smallest absolute Gasteiger partial charge is 0.264 e. The van der Waals surface area contributed by atoms with Gasteiger partial charge in [0.2, 0.25) is 11.8 Å². The van der Waals surface area contributed by atoms with Gasteiger partial charge in [0.15, 0.2) is 0 Å². The molecule has 248 valence electrons. The van der Waals surface area contributed by atoms with Crippen molar-refractivity contribution in [1.29, 1.82) is 0 Å². The Morgan fingerprint density at radius 1 is 0.830 bits per heavy atom. The van der Waals surface area contributed by atoms with Crippen LogP contribution in [0.5, 0.6) is 0 Å². The van der Waals surface area contributed by atoms with Crippen molar-refractivity contribution in [1.82, 2.24) is 10.2 Å². The third-order valence-corrected chi connectivity index (χ3v) is 10.4. The molecule has 0 radical (unpaired) electrons. The molecule has 47 heavy (non-hydrogen) atoms. The van der Waals surface area contributed by atoms with Crippen LogP contribution in [0.15, 0.2) is 95.9 Å². The molecule has 0 unspecified atom stereocenters. The van der Waals surface area contributed by atoms with Crippen molar-refractivity contribution in [2.24, 2.45) is 0 Å². The lowest BCUT2D eigenvalue weighted by Crippen LogP contribution is -2.56. The van der Waals surface area contributed by atoms with Crippen LogP contribution in [-0.2, 0) is 32.6 Å². The van der Waals surface area contributed by atoms with Crippen LogP contribution in [-0.4, -0.2) is 43.3 Å². The van der Waals surface area contributed by atoms with E-state index in [1.807, 2.05) is 58.0 Å². The normalized spacial score (nSPS) is 12.3. The van der Waals surface area contributed by atoms with Crippen molar-refractivity contribution < 1.29 is 18.0 Å². The molecule has 12 heteroatoms. The van der Waals surface area contributed by atoms with Crippen LogP contribution in [0.3, 0.4) is 0 Å². The Morgan fingerprint density at radius 3 is 2.11 bits per heavy atom. The topological polar surface area (TPSA) is 86.8 Å². The van der Waals surface area contributed by atoms with Crippen LogP contribution in [0.1, 0.15) is 37.5 Å². The van der Waals surface area contributed by atoms with Gasteiger partial charge in [-0.15, -0.1) is 0 Å². The predicted molar refractivity (Wildman–Crippen MR) is 191 cm³/mol. The van der Waals surface area contributed by atoms with Gasteiger partial charge < -0.3 is 10.2 Å². The first kappa shape index (κ1) is 36.6. The zero-order chi connectivity index (χ0) is 34.5. The fourth-order valence-electron chi connectivity index (χ4n) is 4.88. The molecule has 0 saturated heterocycles. The highest BCUT2D eigenvalue weighted by Crippen LogP contribution is 2.36. The molecule has 4 aromatic rings. The fraction of sp³-hybridized carbons (Fsp3) is 0.257. The van der Waals surface area contributed by atoms with E-state index in [1.54, 1.807) is 36.4 Å². The van der Waals surface area contributed by atoms with Crippen molar-refractivity contribution in [3.63, 3.8) is 0 Å². The first-order valence-corrected chi connectivity index (χ1v) is 17.6. The summed E-state index contributed by atoms with van der Waals surface area (Å²) in [5, 5.41) is 3.73. The Kier molecular flexibility index (Phi) is 11.9. The molecule has 0 heterocycles. The third kappa shape index (κ3) is 9.42. The van der Waals surface area contributed by atoms with E-state index in [9.17, 15) is 18.0 Å². The van der Waals surface area contributed by atoms with Crippen molar-refractivity contribution in [2.75, 3.05) is 10.8 Å². The van der Waals surface area contributed by atoms with Gasteiger partial charge in [-0.3, -0.25) is 13.9 Å². The SMILES string of the molecule is Cc1ccc(S(=O)(=O)N(CC(=O)N(Cc2ccc(Cl)cc2Cl)[C@H](Cc2ccccc2)C(=O)NC(C)(C)C)c2cccc(Cl)c2Cl)cc1. The summed E-state index contributed by atoms with van der Waals surface area (Å²) in [6.45, 7) is 6.53. The molecule has 2 amide bonds. The molecule has 1 N–H and O–H groups in total. The number of sulfonamides is 1. The zero-order valence-electron chi connectivity index (χ0n) is 26.3. The van der Waals surface area contributed by atoms with E-state index in [0.29, 0.717) is 10.6 Å². The van der Waals surface area contributed by atoms with Crippen molar-refractivity contribution in [3.05, 3.63) is 128 Å². The van der Waals surface area contributed by atoms with Gasteiger partial charge in [0.25, 0.3) is 10.0 Å². The molecule has 0 aromatic heterocycles. The molecule has 7 nitrogen and oxygen atoms in total. The summed E-state index contributed by atoms with van der Waals surface area (Å²) in [7, 11) is -4.36. The maximum absolute atomic E-state index is 14.6. The van der Waals surface area contributed by atoms with E-state index in [-0.39, 0.29) is 38.6 Å². The highest BCUT2D eigenvalue weighted by atomic mass is 35.5. The number of benzene rings is 4. The van der Waals surface area contributed by atoms with Crippen LogP contribution in [0, 0.1) is 6.92 Å². The number of carbonyl (C=O) groups is 2. The predicted octanol–water partition coefficient (Wildman–Crippen LogP) is 8.36. The van der Waals surface area contributed by atoms with Gasteiger partial charge in [0, 0.05) is 28.5 Å². The minimum Gasteiger partial charge on any atom is -0.350 e. The Bertz CT molecular complexity index is 1850.